The van der Waals surface area contributed by atoms with Crippen LogP contribution in [0.5, 0.6) is 5.75 Å². The first-order valence-electron chi connectivity index (χ1n) is 11.7. The fraction of sp³-hybridized carbons (Fsp3) is 0.385. The van der Waals surface area contributed by atoms with Crippen molar-refractivity contribution < 1.29 is 14.3 Å². The molecule has 3 heterocycles. The van der Waals surface area contributed by atoms with Gasteiger partial charge < -0.3 is 15.0 Å². The average Bonchev–Trinajstić information content (AvgIpc) is 3.27. The summed E-state index contributed by atoms with van der Waals surface area (Å²) in [5.74, 6) is 0.813. The van der Waals surface area contributed by atoms with E-state index in [1.807, 2.05) is 72.2 Å². The summed E-state index contributed by atoms with van der Waals surface area (Å²) in [6.45, 7) is 6.45. The Labute approximate surface area is 199 Å². The maximum absolute atomic E-state index is 12.8. The zero-order valence-corrected chi connectivity index (χ0v) is 19.8. The van der Waals surface area contributed by atoms with E-state index in [0.29, 0.717) is 39.2 Å². The standard InChI is InChI=1S/C26H31N5O3/c1-19-8-13-31(29-19)14-10-26(33)30-12-9-23-21(18-30)16-27-20(2)24(23)17-28-25(32)11-15-34-22-6-4-3-5-7-22/h3-8,13,16H,9-12,14-15,17-18H2,1-2H3,(H,28,32). The number of hydrogen-bond acceptors (Lipinski definition) is 5. The summed E-state index contributed by atoms with van der Waals surface area (Å²) < 4.78 is 7.42. The Morgan fingerprint density at radius 3 is 2.71 bits per heavy atom. The summed E-state index contributed by atoms with van der Waals surface area (Å²) in [5.41, 5.74) is 5.16. The van der Waals surface area contributed by atoms with Crippen molar-refractivity contribution >= 4 is 11.8 Å². The van der Waals surface area contributed by atoms with Crippen molar-refractivity contribution in [2.45, 2.75) is 52.7 Å². The smallest absolute Gasteiger partial charge is 0.224 e. The minimum absolute atomic E-state index is 0.0607. The summed E-state index contributed by atoms with van der Waals surface area (Å²) in [7, 11) is 0. The van der Waals surface area contributed by atoms with Crippen LogP contribution >= 0.6 is 0 Å². The summed E-state index contributed by atoms with van der Waals surface area (Å²) in [6, 6.07) is 11.4. The van der Waals surface area contributed by atoms with Crippen molar-refractivity contribution in [1.29, 1.82) is 0 Å². The van der Waals surface area contributed by atoms with Crippen LogP contribution in [0.1, 0.15) is 40.9 Å². The maximum atomic E-state index is 12.8. The topological polar surface area (TPSA) is 89.4 Å². The first-order valence-corrected chi connectivity index (χ1v) is 11.7. The van der Waals surface area contributed by atoms with E-state index in [0.717, 1.165) is 34.7 Å². The molecule has 2 amide bonds. The van der Waals surface area contributed by atoms with E-state index in [1.54, 1.807) is 0 Å². The van der Waals surface area contributed by atoms with Gasteiger partial charge in [0.2, 0.25) is 11.8 Å². The van der Waals surface area contributed by atoms with Gasteiger partial charge in [-0.3, -0.25) is 19.3 Å². The number of fused-ring (bicyclic) bond motifs is 1. The Balaban J connectivity index is 1.29. The summed E-state index contributed by atoms with van der Waals surface area (Å²) in [4.78, 5) is 31.5. The van der Waals surface area contributed by atoms with E-state index >= 15 is 0 Å². The van der Waals surface area contributed by atoms with Crippen LogP contribution in [0.3, 0.4) is 0 Å². The number of carbonyl (C=O) groups is 2. The molecule has 1 aliphatic rings. The number of ether oxygens (including phenoxy) is 1. The fourth-order valence-corrected chi connectivity index (χ4v) is 4.18. The van der Waals surface area contributed by atoms with Gasteiger partial charge >= 0.3 is 0 Å². The quantitative estimate of drug-likeness (QED) is 0.529. The lowest BCUT2D eigenvalue weighted by Gasteiger charge is -2.30. The van der Waals surface area contributed by atoms with Gasteiger partial charge in [0.1, 0.15) is 5.75 Å². The number of benzene rings is 1. The van der Waals surface area contributed by atoms with E-state index in [4.69, 9.17) is 4.74 Å². The van der Waals surface area contributed by atoms with Crippen LogP contribution in [0.4, 0.5) is 0 Å². The van der Waals surface area contributed by atoms with Gasteiger partial charge in [0.15, 0.2) is 0 Å². The normalized spacial score (nSPS) is 12.8. The lowest BCUT2D eigenvalue weighted by atomic mass is 9.94. The number of nitrogens with one attached hydrogen (secondary N) is 1. The van der Waals surface area contributed by atoms with Gasteiger partial charge in [0.25, 0.3) is 0 Å². The highest BCUT2D eigenvalue weighted by Gasteiger charge is 2.24. The highest BCUT2D eigenvalue weighted by molar-refractivity contribution is 5.77. The summed E-state index contributed by atoms with van der Waals surface area (Å²) >= 11 is 0. The van der Waals surface area contributed by atoms with Crippen molar-refractivity contribution in [2.75, 3.05) is 13.2 Å². The SMILES string of the molecule is Cc1ccn(CCC(=O)N2CCc3c(cnc(C)c3CNC(=O)CCOc3ccccc3)C2)n1. The van der Waals surface area contributed by atoms with Gasteiger partial charge in [0, 0.05) is 50.7 Å². The zero-order chi connectivity index (χ0) is 23.9. The monoisotopic (exact) mass is 461 g/mol. The lowest BCUT2D eigenvalue weighted by Crippen LogP contribution is -2.37. The molecule has 0 saturated heterocycles. The number of carbonyl (C=O) groups excluding carboxylic acids is 2. The van der Waals surface area contributed by atoms with Crippen LogP contribution in [0.2, 0.25) is 0 Å². The third-order valence-electron chi connectivity index (χ3n) is 6.08. The van der Waals surface area contributed by atoms with E-state index in [2.05, 4.69) is 15.4 Å². The van der Waals surface area contributed by atoms with Crippen LogP contribution in [-0.2, 0) is 35.6 Å². The molecule has 178 valence electrons. The van der Waals surface area contributed by atoms with Crippen LogP contribution in [0, 0.1) is 13.8 Å². The molecule has 0 radical (unpaired) electrons. The number of pyridine rings is 1. The molecule has 0 aliphatic carbocycles. The number of rotatable bonds is 9. The van der Waals surface area contributed by atoms with E-state index in [-0.39, 0.29) is 18.2 Å². The number of aromatic nitrogens is 3. The molecule has 0 saturated carbocycles. The van der Waals surface area contributed by atoms with Gasteiger partial charge in [-0.1, -0.05) is 18.2 Å². The highest BCUT2D eigenvalue weighted by atomic mass is 16.5. The number of aryl methyl sites for hydroxylation is 3. The van der Waals surface area contributed by atoms with E-state index in [9.17, 15) is 9.59 Å². The molecule has 0 spiro atoms. The molecule has 1 N–H and O–H groups in total. The highest BCUT2D eigenvalue weighted by Crippen LogP contribution is 2.24. The van der Waals surface area contributed by atoms with Crippen molar-refractivity contribution in [3.05, 3.63) is 76.9 Å². The molecule has 0 fully saturated rings. The van der Waals surface area contributed by atoms with Gasteiger partial charge in [-0.25, -0.2) is 0 Å². The second-order valence-corrected chi connectivity index (χ2v) is 8.55. The Kier molecular flexibility index (Phi) is 7.57. The number of hydrogen-bond donors (Lipinski definition) is 1. The molecule has 2 aromatic heterocycles. The minimum atomic E-state index is -0.0607. The lowest BCUT2D eigenvalue weighted by molar-refractivity contribution is -0.132. The fourth-order valence-electron chi connectivity index (χ4n) is 4.18. The van der Waals surface area contributed by atoms with Crippen LogP contribution < -0.4 is 10.1 Å². The van der Waals surface area contributed by atoms with E-state index < -0.39 is 0 Å². The summed E-state index contributed by atoms with van der Waals surface area (Å²) in [6.07, 6.45) is 5.22. The third-order valence-corrected chi connectivity index (χ3v) is 6.08. The first-order chi connectivity index (χ1) is 16.5. The Hall–Kier alpha value is -3.68. The molecule has 1 aromatic carbocycles. The number of amides is 2. The van der Waals surface area contributed by atoms with E-state index in [1.165, 1.54) is 5.56 Å². The number of nitrogens with zero attached hydrogens (tertiary/aromatic N) is 4. The minimum Gasteiger partial charge on any atom is -0.493 e. The van der Waals surface area contributed by atoms with Gasteiger partial charge in [0.05, 0.1) is 18.7 Å². The Morgan fingerprint density at radius 1 is 1.12 bits per heavy atom. The second-order valence-electron chi connectivity index (χ2n) is 8.55. The molecule has 3 aromatic rings. The number of para-hydroxylation sites is 1. The molecule has 0 atom stereocenters. The van der Waals surface area contributed by atoms with Crippen LogP contribution in [0.25, 0.3) is 0 Å². The Morgan fingerprint density at radius 2 is 1.94 bits per heavy atom. The molecule has 8 heteroatoms. The average molecular weight is 462 g/mol. The Bertz CT molecular complexity index is 1140. The van der Waals surface area contributed by atoms with Crippen molar-refractivity contribution in [2.24, 2.45) is 0 Å². The molecule has 4 rings (SSSR count). The predicted octanol–water partition coefficient (Wildman–Crippen LogP) is 2.96. The molecule has 0 bridgehead atoms. The van der Waals surface area contributed by atoms with Crippen molar-refractivity contribution in [3.63, 3.8) is 0 Å². The molecular formula is C26H31N5O3. The van der Waals surface area contributed by atoms with Crippen molar-refractivity contribution in [1.82, 2.24) is 25.0 Å². The molecule has 0 unspecified atom stereocenters. The third kappa shape index (κ3) is 6.01. The van der Waals surface area contributed by atoms with Gasteiger partial charge in [-0.05, 0) is 55.2 Å². The summed E-state index contributed by atoms with van der Waals surface area (Å²) in [5, 5.41) is 7.35. The first kappa shape index (κ1) is 23.5. The zero-order valence-electron chi connectivity index (χ0n) is 19.8. The van der Waals surface area contributed by atoms with Crippen LogP contribution in [0.15, 0.2) is 48.8 Å². The molecular weight excluding hydrogens is 430 g/mol. The molecule has 8 nitrogen and oxygen atoms in total. The second kappa shape index (κ2) is 11.0. The van der Waals surface area contributed by atoms with Gasteiger partial charge in [-0.2, -0.15) is 5.10 Å². The van der Waals surface area contributed by atoms with Gasteiger partial charge in [-0.15, -0.1) is 0 Å². The predicted molar refractivity (Wildman–Crippen MR) is 128 cm³/mol. The van der Waals surface area contributed by atoms with Crippen LogP contribution in [-0.4, -0.2) is 44.6 Å². The molecule has 34 heavy (non-hydrogen) atoms. The molecule has 1 aliphatic heterocycles. The van der Waals surface area contributed by atoms with Crippen molar-refractivity contribution in [3.8, 4) is 5.75 Å². The largest absolute Gasteiger partial charge is 0.493 e. The maximum Gasteiger partial charge on any atom is 0.224 e.